The van der Waals surface area contributed by atoms with Crippen LogP contribution in [0.5, 0.6) is 0 Å². The van der Waals surface area contributed by atoms with E-state index in [1.54, 1.807) is 6.07 Å². The van der Waals surface area contributed by atoms with E-state index in [-0.39, 0.29) is 11.4 Å². The van der Waals surface area contributed by atoms with E-state index in [9.17, 15) is 13.6 Å². The number of aromatic nitrogens is 2. The Morgan fingerprint density at radius 1 is 0.962 bits per heavy atom. The molecular formula is C19H16F2N4O. The molecule has 0 unspecified atom stereocenters. The summed E-state index contributed by atoms with van der Waals surface area (Å²) in [5.74, 6) is -1.74. The molecule has 3 rings (SSSR count). The molecule has 0 atom stereocenters. The molecule has 5 nitrogen and oxygen atoms in total. The Kier molecular flexibility index (Phi) is 4.88. The lowest BCUT2D eigenvalue weighted by atomic mass is 10.1. The zero-order chi connectivity index (χ0) is 18.7. The number of carbonyl (C=O) groups is 1. The largest absolute Gasteiger partial charge is 0.339 e. The number of nitrogens with zero attached hydrogens (tertiary/aromatic N) is 2. The van der Waals surface area contributed by atoms with Crippen molar-refractivity contribution in [1.82, 2.24) is 10.2 Å². The molecule has 3 aromatic rings. The third kappa shape index (κ3) is 3.83. The second-order valence-electron chi connectivity index (χ2n) is 5.75. The Bertz CT molecular complexity index is 958. The van der Waals surface area contributed by atoms with Crippen molar-refractivity contribution in [2.24, 2.45) is 0 Å². The average Bonchev–Trinajstić information content (AvgIpc) is 2.62. The van der Waals surface area contributed by atoms with Crippen molar-refractivity contribution >= 4 is 23.1 Å². The third-order valence-corrected chi connectivity index (χ3v) is 3.94. The Balaban J connectivity index is 1.72. The summed E-state index contributed by atoms with van der Waals surface area (Å²) < 4.78 is 26.5. The van der Waals surface area contributed by atoms with E-state index < -0.39 is 17.5 Å². The van der Waals surface area contributed by atoms with Gasteiger partial charge >= 0.3 is 0 Å². The lowest BCUT2D eigenvalue weighted by Crippen LogP contribution is -2.15. The first kappa shape index (κ1) is 17.5. The number of carbonyl (C=O) groups excluding carboxylic acids is 1. The molecule has 0 fully saturated rings. The second kappa shape index (κ2) is 7.26. The molecule has 2 aromatic carbocycles. The Hall–Kier alpha value is -3.35. The van der Waals surface area contributed by atoms with Crippen LogP contribution in [0, 0.1) is 25.5 Å². The van der Waals surface area contributed by atoms with Gasteiger partial charge in [0.15, 0.2) is 11.5 Å². The van der Waals surface area contributed by atoms with E-state index in [4.69, 9.17) is 0 Å². The van der Waals surface area contributed by atoms with E-state index >= 15 is 0 Å². The van der Waals surface area contributed by atoms with Crippen LogP contribution >= 0.6 is 0 Å². The molecule has 0 saturated heterocycles. The number of halogens is 2. The van der Waals surface area contributed by atoms with E-state index in [0.717, 1.165) is 28.9 Å². The SMILES string of the molecule is Cc1cccc(Nc2ccc(C(=O)Nc3ccc(F)cc3F)nn2)c1C. The molecule has 0 bridgehead atoms. The van der Waals surface area contributed by atoms with Crippen molar-refractivity contribution in [2.75, 3.05) is 10.6 Å². The number of hydrogen-bond donors (Lipinski definition) is 2. The molecular weight excluding hydrogens is 338 g/mol. The molecule has 26 heavy (non-hydrogen) atoms. The van der Waals surface area contributed by atoms with Gasteiger partial charge in [0.2, 0.25) is 0 Å². The fraction of sp³-hybridized carbons (Fsp3) is 0.105. The zero-order valence-electron chi connectivity index (χ0n) is 14.2. The minimum Gasteiger partial charge on any atom is -0.339 e. The second-order valence-corrected chi connectivity index (χ2v) is 5.75. The van der Waals surface area contributed by atoms with E-state index in [2.05, 4.69) is 20.8 Å². The van der Waals surface area contributed by atoms with Crippen molar-refractivity contribution in [1.29, 1.82) is 0 Å². The first-order valence-electron chi connectivity index (χ1n) is 7.87. The van der Waals surface area contributed by atoms with Gasteiger partial charge in [-0.15, -0.1) is 10.2 Å². The molecule has 0 aliphatic heterocycles. The van der Waals surface area contributed by atoms with Gasteiger partial charge in [-0.3, -0.25) is 4.79 Å². The Morgan fingerprint density at radius 2 is 1.77 bits per heavy atom. The number of amides is 1. The highest BCUT2D eigenvalue weighted by atomic mass is 19.1. The highest BCUT2D eigenvalue weighted by Crippen LogP contribution is 2.21. The number of aryl methyl sites for hydroxylation is 1. The standard InChI is InChI=1S/C19H16F2N4O/c1-11-4-3-5-15(12(11)2)22-18-9-8-17(24-25-18)19(26)23-16-7-6-13(20)10-14(16)21/h3-10H,1-2H3,(H,22,25)(H,23,26). The van der Waals surface area contributed by atoms with Gasteiger partial charge in [0.05, 0.1) is 5.69 Å². The van der Waals surface area contributed by atoms with Crippen LogP contribution in [0.25, 0.3) is 0 Å². The van der Waals surface area contributed by atoms with E-state index in [1.807, 2.05) is 32.0 Å². The highest BCUT2D eigenvalue weighted by Gasteiger charge is 2.12. The predicted molar refractivity (Wildman–Crippen MR) is 95.5 cm³/mol. The summed E-state index contributed by atoms with van der Waals surface area (Å²) in [7, 11) is 0. The quantitative estimate of drug-likeness (QED) is 0.730. The Labute approximate surface area is 149 Å². The molecule has 0 spiro atoms. The third-order valence-electron chi connectivity index (χ3n) is 3.94. The van der Waals surface area contributed by atoms with Crippen LogP contribution in [0.2, 0.25) is 0 Å². The number of benzene rings is 2. The van der Waals surface area contributed by atoms with Crippen LogP contribution in [0.3, 0.4) is 0 Å². The number of nitrogens with one attached hydrogen (secondary N) is 2. The first-order chi connectivity index (χ1) is 12.4. The van der Waals surface area contributed by atoms with Gasteiger partial charge in [-0.25, -0.2) is 8.78 Å². The van der Waals surface area contributed by atoms with Gasteiger partial charge in [-0.05, 0) is 55.3 Å². The first-order valence-corrected chi connectivity index (χ1v) is 7.87. The van der Waals surface area contributed by atoms with Gasteiger partial charge < -0.3 is 10.6 Å². The molecule has 0 aliphatic carbocycles. The van der Waals surface area contributed by atoms with Crippen LogP contribution in [0.15, 0.2) is 48.5 Å². The summed E-state index contributed by atoms with van der Waals surface area (Å²) in [6.45, 7) is 4.00. The summed E-state index contributed by atoms with van der Waals surface area (Å²) in [6, 6.07) is 11.8. The van der Waals surface area contributed by atoms with Crippen molar-refractivity contribution in [2.45, 2.75) is 13.8 Å². The van der Waals surface area contributed by atoms with Gasteiger partial charge in [-0.1, -0.05) is 12.1 Å². The van der Waals surface area contributed by atoms with Crippen molar-refractivity contribution in [3.05, 3.63) is 77.0 Å². The van der Waals surface area contributed by atoms with Crippen molar-refractivity contribution in [3.63, 3.8) is 0 Å². The predicted octanol–water partition coefficient (Wildman–Crippen LogP) is 4.37. The molecule has 1 aromatic heterocycles. The summed E-state index contributed by atoms with van der Waals surface area (Å²) in [5, 5.41) is 13.3. The average molecular weight is 354 g/mol. The van der Waals surface area contributed by atoms with Crippen LogP contribution in [0.1, 0.15) is 21.6 Å². The normalized spacial score (nSPS) is 10.5. The number of hydrogen-bond acceptors (Lipinski definition) is 4. The van der Waals surface area contributed by atoms with Crippen LogP contribution < -0.4 is 10.6 Å². The van der Waals surface area contributed by atoms with E-state index in [0.29, 0.717) is 11.9 Å². The summed E-state index contributed by atoms with van der Waals surface area (Å²) in [6.07, 6.45) is 0. The van der Waals surface area contributed by atoms with Crippen molar-refractivity contribution < 1.29 is 13.6 Å². The zero-order valence-corrected chi connectivity index (χ0v) is 14.2. The van der Waals surface area contributed by atoms with E-state index in [1.165, 1.54) is 6.07 Å². The highest BCUT2D eigenvalue weighted by molar-refractivity contribution is 6.02. The molecule has 7 heteroatoms. The fourth-order valence-electron chi connectivity index (χ4n) is 2.32. The number of anilines is 3. The molecule has 0 aliphatic rings. The maximum absolute atomic E-state index is 13.6. The van der Waals surface area contributed by atoms with Crippen LogP contribution in [-0.4, -0.2) is 16.1 Å². The Morgan fingerprint density at radius 3 is 2.46 bits per heavy atom. The molecule has 0 saturated carbocycles. The fourth-order valence-corrected chi connectivity index (χ4v) is 2.32. The number of rotatable bonds is 4. The van der Waals surface area contributed by atoms with Gasteiger partial charge in [-0.2, -0.15) is 0 Å². The smallest absolute Gasteiger partial charge is 0.276 e. The lowest BCUT2D eigenvalue weighted by Gasteiger charge is -2.10. The summed E-state index contributed by atoms with van der Waals surface area (Å²) in [4.78, 5) is 12.1. The van der Waals surface area contributed by atoms with Crippen molar-refractivity contribution in [3.8, 4) is 0 Å². The molecule has 1 amide bonds. The molecule has 0 radical (unpaired) electrons. The molecule has 1 heterocycles. The molecule has 2 N–H and O–H groups in total. The van der Waals surface area contributed by atoms with Crippen LogP contribution in [0.4, 0.5) is 26.0 Å². The summed E-state index contributed by atoms with van der Waals surface area (Å²) in [5.41, 5.74) is 3.00. The van der Waals surface area contributed by atoms with Gasteiger partial charge in [0.1, 0.15) is 11.6 Å². The minimum absolute atomic E-state index is 0.0141. The lowest BCUT2D eigenvalue weighted by molar-refractivity contribution is 0.102. The maximum Gasteiger partial charge on any atom is 0.276 e. The van der Waals surface area contributed by atoms with Gasteiger partial charge in [0, 0.05) is 11.8 Å². The van der Waals surface area contributed by atoms with Crippen LogP contribution in [-0.2, 0) is 0 Å². The molecule has 132 valence electrons. The summed E-state index contributed by atoms with van der Waals surface area (Å²) >= 11 is 0. The minimum atomic E-state index is -0.862. The van der Waals surface area contributed by atoms with Gasteiger partial charge in [0.25, 0.3) is 5.91 Å². The maximum atomic E-state index is 13.6. The monoisotopic (exact) mass is 354 g/mol. The topological polar surface area (TPSA) is 66.9 Å².